The lowest BCUT2D eigenvalue weighted by Crippen LogP contribution is -2.65. The molecule has 3 amide bonds. The van der Waals surface area contributed by atoms with Gasteiger partial charge in [-0.1, -0.05) is 13.8 Å². The van der Waals surface area contributed by atoms with Crippen LogP contribution in [0.2, 0.25) is 0 Å². The van der Waals surface area contributed by atoms with Crippen molar-refractivity contribution < 1.29 is 19.2 Å². The Labute approximate surface area is 163 Å². The fraction of sp³-hybridized carbons (Fsp3) is 0.632. The first-order valence-corrected chi connectivity index (χ1v) is 9.53. The Balaban J connectivity index is 1.96. The maximum Gasteiger partial charge on any atom is 0.252 e. The molecule has 2 aliphatic rings. The van der Waals surface area contributed by atoms with Crippen molar-refractivity contribution in [3.63, 3.8) is 0 Å². The van der Waals surface area contributed by atoms with E-state index in [4.69, 9.17) is 5.73 Å². The van der Waals surface area contributed by atoms with Crippen molar-refractivity contribution in [1.82, 2.24) is 20.2 Å². The van der Waals surface area contributed by atoms with Gasteiger partial charge in [-0.15, -0.1) is 0 Å². The number of nitrogens with zero attached hydrogens (tertiary/aromatic N) is 2. The van der Waals surface area contributed by atoms with E-state index in [9.17, 15) is 19.2 Å². The van der Waals surface area contributed by atoms with E-state index in [1.165, 1.54) is 11.2 Å². The maximum absolute atomic E-state index is 13.3. The van der Waals surface area contributed by atoms with Crippen molar-refractivity contribution in [2.45, 2.75) is 57.5 Å². The van der Waals surface area contributed by atoms with Crippen molar-refractivity contribution in [3.8, 4) is 0 Å². The van der Waals surface area contributed by atoms with Gasteiger partial charge in [-0.3, -0.25) is 24.5 Å². The first-order valence-electron chi connectivity index (χ1n) is 9.53. The van der Waals surface area contributed by atoms with Gasteiger partial charge in [0.15, 0.2) is 0 Å². The minimum atomic E-state index is -1.25. The highest BCUT2D eigenvalue weighted by atomic mass is 16.2. The van der Waals surface area contributed by atoms with Crippen LogP contribution in [0, 0.1) is 11.3 Å². The first-order chi connectivity index (χ1) is 13.2. The largest absolute Gasteiger partial charge is 0.348 e. The number of likely N-dealkylation sites (tertiary alicyclic amines) is 1. The molecule has 3 rings (SSSR count). The summed E-state index contributed by atoms with van der Waals surface area (Å²) in [5, 5.41) is 2.25. The lowest BCUT2D eigenvalue weighted by atomic mass is 9.68. The zero-order chi connectivity index (χ0) is 20.5. The molecular formula is C19H27N5O4. The molecule has 1 saturated carbocycles. The molecule has 0 radical (unpaired) electrons. The summed E-state index contributed by atoms with van der Waals surface area (Å²) < 4.78 is 0. The molecule has 9 heteroatoms. The molecule has 2 heterocycles. The van der Waals surface area contributed by atoms with Crippen molar-refractivity contribution in [2.75, 3.05) is 6.54 Å². The van der Waals surface area contributed by atoms with E-state index in [2.05, 4.69) is 15.3 Å². The SMILES string of the molecule is CC1(C)CC(=O)CC1[C@]1(C(=O)NC=O)CCCN1C(=O)[C@@H](N)Cc1cnc[nH]1. The van der Waals surface area contributed by atoms with E-state index in [0.29, 0.717) is 32.2 Å². The second kappa shape index (κ2) is 7.46. The molecule has 3 atom stereocenters. The third-order valence-electron chi connectivity index (χ3n) is 6.19. The molecule has 4 N–H and O–H groups in total. The number of carbonyl (C=O) groups is 4. The number of hydrogen-bond donors (Lipinski definition) is 3. The number of nitrogens with one attached hydrogen (secondary N) is 2. The lowest BCUT2D eigenvalue weighted by Gasteiger charge is -2.46. The predicted molar refractivity (Wildman–Crippen MR) is 99.7 cm³/mol. The summed E-state index contributed by atoms with van der Waals surface area (Å²) >= 11 is 0. The summed E-state index contributed by atoms with van der Waals surface area (Å²) in [5.74, 6) is -1.20. The van der Waals surface area contributed by atoms with Gasteiger partial charge in [0.05, 0.1) is 12.4 Å². The second-order valence-electron chi connectivity index (χ2n) is 8.46. The average Bonchev–Trinajstić information content (AvgIpc) is 3.33. The number of imide groups is 1. The molecule has 0 spiro atoms. The molecular weight excluding hydrogens is 362 g/mol. The van der Waals surface area contributed by atoms with Crippen LogP contribution < -0.4 is 11.1 Å². The number of amides is 3. The van der Waals surface area contributed by atoms with Crippen LogP contribution in [-0.4, -0.2) is 57.0 Å². The number of imidazole rings is 1. The second-order valence-corrected chi connectivity index (χ2v) is 8.46. The van der Waals surface area contributed by atoms with Gasteiger partial charge in [0.1, 0.15) is 11.3 Å². The Bertz CT molecular complexity index is 775. The number of nitrogens with two attached hydrogens (primary N) is 1. The van der Waals surface area contributed by atoms with Crippen molar-refractivity contribution in [1.29, 1.82) is 0 Å². The third-order valence-corrected chi connectivity index (χ3v) is 6.19. The summed E-state index contributed by atoms with van der Waals surface area (Å²) in [5.41, 5.74) is 5.18. The Morgan fingerprint density at radius 1 is 1.50 bits per heavy atom. The average molecular weight is 389 g/mol. The highest BCUT2D eigenvalue weighted by molar-refractivity contribution is 5.99. The minimum Gasteiger partial charge on any atom is -0.348 e. The fourth-order valence-corrected chi connectivity index (χ4v) is 5.03. The summed E-state index contributed by atoms with van der Waals surface area (Å²) in [4.78, 5) is 58.0. The first kappa shape index (κ1) is 20.2. The van der Waals surface area contributed by atoms with Crippen LogP contribution in [0.5, 0.6) is 0 Å². The Morgan fingerprint density at radius 3 is 2.82 bits per heavy atom. The number of carbonyl (C=O) groups excluding carboxylic acids is 4. The van der Waals surface area contributed by atoms with Crippen LogP contribution in [0.4, 0.5) is 0 Å². The molecule has 28 heavy (non-hydrogen) atoms. The van der Waals surface area contributed by atoms with Crippen LogP contribution in [0.15, 0.2) is 12.5 Å². The number of rotatable bonds is 6. The smallest absolute Gasteiger partial charge is 0.252 e. The molecule has 0 bridgehead atoms. The van der Waals surface area contributed by atoms with Gasteiger partial charge in [0.25, 0.3) is 5.91 Å². The summed E-state index contributed by atoms with van der Waals surface area (Å²) in [7, 11) is 0. The van der Waals surface area contributed by atoms with Crippen molar-refractivity contribution in [2.24, 2.45) is 17.1 Å². The molecule has 9 nitrogen and oxygen atoms in total. The quantitative estimate of drug-likeness (QED) is 0.582. The number of H-pyrrole nitrogens is 1. The summed E-state index contributed by atoms with van der Waals surface area (Å²) in [6.45, 7) is 4.23. The number of hydrogen-bond acceptors (Lipinski definition) is 6. The Kier molecular flexibility index (Phi) is 5.38. The predicted octanol–water partition coefficient (Wildman–Crippen LogP) is -0.0814. The van der Waals surface area contributed by atoms with E-state index in [1.807, 2.05) is 13.8 Å². The van der Waals surface area contributed by atoms with Gasteiger partial charge in [0.2, 0.25) is 12.3 Å². The van der Waals surface area contributed by atoms with E-state index in [-0.39, 0.29) is 30.4 Å². The van der Waals surface area contributed by atoms with Crippen LogP contribution in [-0.2, 0) is 25.6 Å². The van der Waals surface area contributed by atoms with E-state index in [0.717, 1.165) is 5.69 Å². The molecule has 0 aromatic carbocycles. The molecule has 2 fully saturated rings. The zero-order valence-corrected chi connectivity index (χ0v) is 16.2. The molecule has 152 valence electrons. The minimum absolute atomic E-state index is 0.0642. The van der Waals surface area contributed by atoms with E-state index >= 15 is 0 Å². The highest BCUT2D eigenvalue weighted by Crippen LogP contribution is 2.52. The van der Waals surface area contributed by atoms with Gasteiger partial charge >= 0.3 is 0 Å². The van der Waals surface area contributed by atoms with Crippen molar-refractivity contribution in [3.05, 3.63) is 18.2 Å². The molecule has 1 unspecified atom stereocenters. The molecule has 1 saturated heterocycles. The summed E-state index contributed by atoms with van der Waals surface area (Å²) in [6.07, 6.45) is 5.26. The summed E-state index contributed by atoms with van der Waals surface area (Å²) in [6, 6.07) is -0.859. The lowest BCUT2D eigenvalue weighted by molar-refractivity contribution is -0.152. The third kappa shape index (κ3) is 3.34. The number of aromatic nitrogens is 2. The van der Waals surface area contributed by atoms with E-state index in [1.54, 1.807) is 6.20 Å². The van der Waals surface area contributed by atoms with Gasteiger partial charge in [0, 0.05) is 43.6 Å². The molecule has 1 aromatic heterocycles. The van der Waals surface area contributed by atoms with Gasteiger partial charge in [-0.05, 0) is 18.3 Å². The van der Waals surface area contributed by atoms with Crippen LogP contribution in [0.1, 0.15) is 45.2 Å². The highest BCUT2D eigenvalue weighted by Gasteiger charge is 2.61. The van der Waals surface area contributed by atoms with Crippen LogP contribution in [0.3, 0.4) is 0 Å². The zero-order valence-electron chi connectivity index (χ0n) is 16.2. The van der Waals surface area contributed by atoms with Gasteiger partial charge < -0.3 is 15.6 Å². The van der Waals surface area contributed by atoms with Crippen LogP contribution in [0.25, 0.3) is 0 Å². The van der Waals surface area contributed by atoms with Gasteiger partial charge in [-0.2, -0.15) is 0 Å². The van der Waals surface area contributed by atoms with E-state index < -0.39 is 22.9 Å². The number of ketones is 1. The van der Waals surface area contributed by atoms with Gasteiger partial charge in [-0.25, -0.2) is 4.98 Å². The maximum atomic E-state index is 13.3. The normalized spacial score (nSPS) is 27.6. The molecule has 1 aliphatic heterocycles. The molecule has 1 aliphatic carbocycles. The Hall–Kier alpha value is -2.55. The van der Waals surface area contributed by atoms with Crippen LogP contribution >= 0.6 is 0 Å². The number of aromatic amines is 1. The molecule has 1 aromatic rings. The topological polar surface area (TPSA) is 138 Å². The fourth-order valence-electron chi connectivity index (χ4n) is 5.03. The Morgan fingerprint density at radius 2 is 2.25 bits per heavy atom. The number of Topliss-reactive ketones (excluding diaryl/α,β-unsaturated/α-hetero) is 1. The monoisotopic (exact) mass is 389 g/mol. The van der Waals surface area contributed by atoms with Crippen molar-refractivity contribution >= 4 is 24.0 Å². The standard InChI is InChI=1S/C19H27N5O4/c1-18(2)8-13(26)7-15(18)19(17(28)23-11-25)4-3-5-24(19)16(27)14(20)6-12-9-21-10-22-12/h9-11,14-15H,3-8,20H2,1-2H3,(H,21,22)(H,23,25,28)/t14-,15?,19-/m0/s1.